The average Bonchev–Trinajstić information content (AvgIpc) is 3.23. The van der Waals surface area contributed by atoms with Crippen molar-refractivity contribution in [2.24, 2.45) is 4.99 Å². The number of rotatable bonds is 5. The first-order valence-corrected chi connectivity index (χ1v) is 9.60. The molecular weight excluding hydrogens is 394 g/mol. The Morgan fingerprint density at radius 3 is 2.88 bits per heavy atom. The Balaban J connectivity index is 2.07. The molecule has 0 saturated carbocycles. The number of aromatic hydroxyl groups is 1. The molecule has 3 N–H and O–H groups in total. The van der Waals surface area contributed by atoms with Gasteiger partial charge in [0.25, 0.3) is 5.56 Å². The zero-order valence-electron chi connectivity index (χ0n) is 13.4. The molecule has 0 bridgehead atoms. The largest absolute Gasteiger partial charge is 0.494 e. The van der Waals surface area contributed by atoms with Crippen LogP contribution in [0.25, 0.3) is 10.4 Å². The molecule has 0 aliphatic heterocycles. The van der Waals surface area contributed by atoms with Crippen molar-refractivity contribution in [1.82, 2.24) is 9.97 Å². The van der Waals surface area contributed by atoms with E-state index in [4.69, 9.17) is 17.0 Å². The average molecular weight is 407 g/mol. The molecular formula is C16H13N3O4S3. The molecule has 10 heteroatoms. The highest BCUT2D eigenvalue weighted by Gasteiger charge is 2.21. The van der Waals surface area contributed by atoms with Crippen LogP contribution in [0.15, 0.2) is 32.7 Å². The van der Waals surface area contributed by atoms with Crippen molar-refractivity contribution in [2.75, 3.05) is 6.61 Å². The second-order valence-electron chi connectivity index (χ2n) is 4.96. The first kappa shape index (κ1) is 18.2. The van der Waals surface area contributed by atoms with E-state index in [1.165, 1.54) is 28.9 Å². The van der Waals surface area contributed by atoms with Gasteiger partial charge in [0.1, 0.15) is 16.1 Å². The number of H-pyrrole nitrogens is 2. The van der Waals surface area contributed by atoms with Gasteiger partial charge in [0.2, 0.25) is 5.88 Å². The van der Waals surface area contributed by atoms with Gasteiger partial charge in [-0.05, 0) is 30.6 Å². The number of nitrogens with zero attached hydrogens (tertiary/aromatic N) is 1. The molecule has 0 fully saturated rings. The third kappa shape index (κ3) is 3.66. The summed E-state index contributed by atoms with van der Waals surface area (Å²) >= 11 is 7.53. The van der Waals surface area contributed by atoms with Gasteiger partial charge in [-0.3, -0.25) is 9.78 Å². The molecule has 3 heterocycles. The van der Waals surface area contributed by atoms with Crippen LogP contribution in [0.2, 0.25) is 0 Å². The summed E-state index contributed by atoms with van der Waals surface area (Å²) in [6.07, 6.45) is 1.19. The second kappa shape index (κ2) is 7.77. The van der Waals surface area contributed by atoms with Crippen molar-refractivity contribution in [3.05, 3.63) is 49.1 Å². The smallest absolute Gasteiger partial charge is 0.341 e. The summed E-state index contributed by atoms with van der Waals surface area (Å²) in [5, 5.41) is 14.0. The third-order valence-electron chi connectivity index (χ3n) is 3.31. The van der Waals surface area contributed by atoms with Gasteiger partial charge >= 0.3 is 5.97 Å². The summed E-state index contributed by atoms with van der Waals surface area (Å²) < 4.78 is 5.15. The van der Waals surface area contributed by atoms with E-state index in [2.05, 4.69) is 15.0 Å². The third-order valence-corrected chi connectivity index (χ3v) is 5.30. The first-order valence-electron chi connectivity index (χ1n) is 7.43. The summed E-state index contributed by atoms with van der Waals surface area (Å²) in [5.41, 5.74) is 0.388. The molecule has 0 aliphatic carbocycles. The summed E-state index contributed by atoms with van der Waals surface area (Å²) in [6, 6.07) is 3.79. The zero-order chi connectivity index (χ0) is 18.7. The Hall–Kier alpha value is -2.56. The number of ether oxygens (including phenoxy) is 1. The minimum absolute atomic E-state index is 0.00738. The Morgan fingerprint density at radius 2 is 2.23 bits per heavy atom. The Bertz CT molecular complexity index is 1080. The summed E-state index contributed by atoms with van der Waals surface area (Å²) in [5.74, 6) is -0.884. The van der Waals surface area contributed by atoms with Gasteiger partial charge in [-0.25, -0.2) is 9.79 Å². The van der Waals surface area contributed by atoms with Crippen LogP contribution >= 0.6 is 34.9 Å². The molecule has 0 unspecified atom stereocenters. The standard InChI is InChI=1S/C16H13N3O4S3/c1-2-23-15(22)11-9(10-4-3-5-25-10)7-26-14(11)17-6-8-12(20)18-16(24)19-13(8)21/h3-7H,2H2,1H3,(H3,18,19,20,21,24). The molecule has 0 amide bonds. The number of aromatic amines is 2. The van der Waals surface area contributed by atoms with Gasteiger partial charge in [-0.15, -0.1) is 22.7 Å². The topological polar surface area (TPSA) is 108 Å². The molecule has 0 aliphatic rings. The number of hydrogen-bond donors (Lipinski definition) is 3. The van der Waals surface area contributed by atoms with E-state index in [9.17, 15) is 14.7 Å². The number of aromatic nitrogens is 2. The molecule has 26 heavy (non-hydrogen) atoms. The van der Waals surface area contributed by atoms with Crippen molar-refractivity contribution >= 4 is 52.1 Å². The lowest BCUT2D eigenvalue weighted by Gasteiger charge is -2.04. The maximum Gasteiger partial charge on any atom is 0.341 e. The molecule has 0 saturated heterocycles. The van der Waals surface area contributed by atoms with Crippen LogP contribution < -0.4 is 5.56 Å². The highest BCUT2D eigenvalue weighted by atomic mass is 32.1. The second-order valence-corrected chi connectivity index (χ2v) is 7.17. The number of carbonyl (C=O) groups excluding carboxylic acids is 1. The molecule has 0 spiro atoms. The molecule has 3 rings (SSSR count). The lowest BCUT2D eigenvalue weighted by Crippen LogP contribution is -2.13. The minimum atomic E-state index is -0.581. The van der Waals surface area contributed by atoms with Crippen LogP contribution in [0.5, 0.6) is 5.88 Å². The monoisotopic (exact) mass is 407 g/mol. The maximum atomic E-state index is 12.4. The van der Waals surface area contributed by atoms with E-state index in [-0.39, 0.29) is 16.9 Å². The molecule has 0 aromatic carbocycles. The molecule has 0 atom stereocenters. The summed E-state index contributed by atoms with van der Waals surface area (Å²) in [7, 11) is 0. The normalized spacial score (nSPS) is 11.1. The fourth-order valence-electron chi connectivity index (χ4n) is 2.18. The van der Waals surface area contributed by atoms with Gasteiger partial charge in [-0.1, -0.05) is 6.07 Å². The van der Waals surface area contributed by atoms with Crippen LogP contribution in [0.1, 0.15) is 22.8 Å². The van der Waals surface area contributed by atoms with Crippen LogP contribution in [0.3, 0.4) is 0 Å². The van der Waals surface area contributed by atoms with Crippen molar-refractivity contribution in [3.63, 3.8) is 0 Å². The van der Waals surface area contributed by atoms with Gasteiger partial charge < -0.3 is 14.8 Å². The lowest BCUT2D eigenvalue weighted by atomic mass is 10.1. The highest BCUT2D eigenvalue weighted by Crippen LogP contribution is 2.39. The van der Waals surface area contributed by atoms with Crippen LogP contribution in [0.4, 0.5) is 5.00 Å². The van der Waals surface area contributed by atoms with E-state index in [0.717, 1.165) is 10.4 Å². The first-order chi connectivity index (χ1) is 12.5. The lowest BCUT2D eigenvalue weighted by molar-refractivity contribution is 0.0529. The Labute approximate surface area is 160 Å². The van der Waals surface area contributed by atoms with Gasteiger partial charge in [-0.2, -0.15) is 0 Å². The predicted molar refractivity (Wildman–Crippen MR) is 105 cm³/mol. The fraction of sp³-hybridized carbons (Fsp3) is 0.125. The molecule has 0 radical (unpaired) electrons. The van der Waals surface area contributed by atoms with Crippen LogP contribution in [-0.2, 0) is 4.74 Å². The van der Waals surface area contributed by atoms with Crippen LogP contribution in [-0.4, -0.2) is 33.9 Å². The van der Waals surface area contributed by atoms with E-state index in [0.29, 0.717) is 10.6 Å². The number of carbonyl (C=O) groups is 1. The Kier molecular flexibility index (Phi) is 5.45. The number of thiophene rings is 2. The molecule has 7 nitrogen and oxygen atoms in total. The quantitative estimate of drug-likeness (QED) is 0.338. The maximum absolute atomic E-state index is 12.4. The summed E-state index contributed by atoms with van der Waals surface area (Å²) in [4.78, 5) is 34.3. The summed E-state index contributed by atoms with van der Waals surface area (Å²) in [6.45, 7) is 1.96. The minimum Gasteiger partial charge on any atom is -0.494 e. The van der Waals surface area contributed by atoms with Crippen molar-refractivity contribution in [3.8, 4) is 16.3 Å². The van der Waals surface area contributed by atoms with Crippen molar-refractivity contribution < 1.29 is 14.6 Å². The predicted octanol–water partition coefficient (Wildman–Crippen LogP) is 3.86. The van der Waals surface area contributed by atoms with Crippen molar-refractivity contribution in [1.29, 1.82) is 0 Å². The number of aliphatic imine (C=N–C) groups is 1. The van der Waals surface area contributed by atoms with Gasteiger partial charge in [0.05, 0.1) is 6.61 Å². The van der Waals surface area contributed by atoms with Crippen molar-refractivity contribution in [2.45, 2.75) is 6.92 Å². The Morgan fingerprint density at radius 1 is 1.42 bits per heavy atom. The van der Waals surface area contributed by atoms with E-state index >= 15 is 0 Å². The van der Waals surface area contributed by atoms with Gasteiger partial charge in [0.15, 0.2) is 4.77 Å². The fourth-order valence-corrected chi connectivity index (χ4v) is 4.10. The molecule has 3 aromatic heterocycles. The SMILES string of the molecule is CCOC(=O)c1c(-c2cccs2)csc1N=Cc1c(O)[nH]c(=S)[nH]c1=O. The van der Waals surface area contributed by atoms with E-state index in [1.807, 2.05) is 22.9 Å². The number of esters is 1. The van der Waals surface area contributed by atoms with E-state index in [1.54, 1.807) is 6.92 Å². The van der Waals surface area contributed by atoms with Gasteiger partial charge in [0, 0.05) is 22.0 Å². The number of nitrogens with one attached hydrogen (secondary N) is 2. The zero-order valence-corrected chi connectivity index (χ0v) is 15.9. The van der Waals surface area contributed by atoms with Crippen LogP contribution in [0, 0.1) is 4.77 Å². The molecule has 3 aromatic rings. The molecule has 134 valence electrons. The highest BCUT2D eigenvalue weighted by molar-refractivity contribution is 7.71. The van der Waals surface area contributed by atoms with E-state index < -0.39 is 17.4 Å². The number of hydrogen-bond acceptors (Lipinski definition) is 8.